The summed E-state index contributed by atoms with van der Waals surface area (Å²) in [6.45, 7) is 0. The maximum absolute atomic E-state index is 12.3. The lowest BCUT2D eigenvalue weighted by molar-refractivity contribution is -0.116. The molecule has 0 unspecified atom stereocenters. The van der Waals surface area contributed by atoms with Crippen molar-refractivity contribution in [2.75, 3.05) is 5.32 Å². The molecule has 4 nitrogen and oxygen atoms in total. The van der Waals surface area contributed by atoms with Crippen molar-refractivity contribution in [3.8, 4) is 0 Å². The zero-order valence-electron chi connectivity index (χ0n) is 12.6. The summed E-state index contributed by atoms with van der Waals surface area (Å²) in [6.07, 6.45) is 1.91. The fourth-order valence-corrected chi connectivity index (χ4v) is 3.02. The number of anilines is 1. The average molecular weight is 361 g/mol. The second kappa shape index (κ2) is 7.07. The van der Waals surface area contributed by atoms with Gasteiger partial charge in [0.1, 0.15) is 0 Å². The Labute approximate surface area is 149 Å². The molecular weight excluding hydrogens is 347 g/mol. The van der Waals surface area contributed by atoms with Gasteiger partial charge in [-0.15, -0.1) is 0 Å². The minimum absolute atomic E-state index is 0.0788. The summed E-state index contributed by atoms with van der Waals surface area (Å²) < 4.78 is 1.57. The molecule has 0 aliphatic heterocycles. The molecule has 0 aliphatic carbocycles. The van der Waals surface area contributed by atoms with Crippen LogP contribution < -0.4 is 5.32 Å². The van der Waals surface area contributed by atoms with Gasteiger partial charge in [0.05, 0.1) is 5.52 Å². The van der Waals surface area contributed by atoms with E-state index in [2.05, 4.69) is 5.32 Å². The van der Waals surface area contributed by atoms with E-state index in [0.717, 1.165) is 10.9 Å². The number of nitrogens with zero attached hydrogens (tertiary/aromatic N) is 1. The van der Waals surface area contributed by atoms with Crippen molar-refractivity contribution < 1.29 is 9.59 Å². The number of hydrogen-bond donors (Lipinski definition) is 1. The summed E-state index contributed by atoms with van der Waals surface area (Å²) in [4.78, 5) is 24.3. The minimum Gasteiger partial charge on any atom is -0.326 e. The summed E-state index contributed by atoms with van der Waals surface area (Å²) in [7, 11) is 0. The molecule has 1 aromatic heterocycles. The van der Waals surface area contributed by atoms with E-state index in [4.69, 9.17) is 23.2 Å². The van der Waals surface area contributed by atoms with Crippen LogP contribution in [0, 0.1) is 0 Å². The molecule has 3 rings (SSSR count). The van der Waals surface area contributed by atoms with Crippen molar-refractivity contribution in [2.45, 2.75) is 12.8 Å². The van der Waals surface area contributed by atoms with E-state index in [0.29, 0.717) is 15.7 Å². The Morgan fingerprint density at radius 1 is 0.958 bits per heavy atom. The van der Waals surface area contributed by atoms with Gasteiger partial charge in [-0.25, -0.2) is 0 Å². The van der Waals surface area contributed by atoms with Gasteiger partial charge in [0.15, 0.2) is 0 Å². The first-order valence-electron chi connectivity index (χ1n) is 7.38. The molecule has 0 saturated carbocycles. The first-order chi connectivity index (χ1) is 11.5. The second-order valence-electron chi connectivity index (χ2n) is 5.34. The molecule has 0 fully saturated rings. The van der Waals surface area contributed by atoms with E-state index in [1.54, 1.807) is 29.0 Å². The summed E-state index contributed by atoms with van der Waals surface area (Å²) >= 11 is 11.8. The van der Waals surface area contributed by atoms with Gasteiger partial charge in [-0.1, -0.05) is 41.4 Å². The Kier molecular flexibility index (Phi) is 4.88. The first-order valence-corrected chi connectivity index (χ1v) is 8.14. The van der Waals surface area contributed by atoms with Crippen LogP contribution in [0.5, 0.6) is 0 Å². The number of amides is 1. The number of carbonyl (C=O) groups is 2. The standard InChI is InChI=1S/C18H14Cl2N2O2/c19-13-9-14(20)11-15(10-13)21-17(23)5-6-18(24)22-8-7-12-3-1-2-4-16(12)22/h1-4,7-11H,5-6H2,(H,21,23). The number of para-hydroxylation sites is 1. The van der Waals surface area contributed by atoms with Crippen LogP contribution in [0.2, 0.25) is 10.0 Å². The molecule has 0 spiro atoms. The predicted octanol–water partition coefficient (Wildman–Crippen LogP) is 5.01. The molecule has 0 aliphatic rings. The van der Waals surface area contributed by atoms with Gasteiger partial charge in [0.2, 0.25) is 11.8 Å². The Morgan fingerprint density at radius 2 is 1.67 bits per heavy atom. The maximum Gasteiger partial charge on any atom is 0.231 e. The monoisotopic (exact) mass is 360 g/mol. The molecule has 24 heavy (non-hydrogen) atoms. The molecule has 1 N–H and O–H groups in total. The van der Waals surface area contributed by atoms with Crippen LogP contribution >= 0.6 is 23.2 Å². The summed E-state index contributed by atoms with van der Waals surface area (Å²) in [5, 5.41) is 4.56. The number of halogens is 2. The number of benzene rings is 2. The zero-order valence-corrected chi connectivity index (χ0v) is 14.1. The lowest BCUT2D eigenvalue weighted by Crippen LogP contribution is -2.16. The molecule has 1 heterocycles. The first kappa shape index (κ1) is 16.6. The van der Waals surface area contributed by atoms with Gasteiger partial charge >= 0.3 is 0 Å². The number of carbonyl (C=O) groups excluding carboxylic acids is 2. The van der Waals surface area contributed by atoms with Crippen LogP contribution in [-0.4, -0.2) is 16.4 Å². The molecule has 0 saturated heterocycles. The van der Waals surface area contributed by atoms with E-state index in [9.17, 15) is 9.59 Å². The molecule has 1 amide bonds. The van der Waals surface area contributed by atoms with Gasteiger partial charge in [0, 0.05) is 40.2 Å². The van der Waals surface area contributed by atoms with Crippen molar-refractivity contribution in [3.05, 3.63) is 64.8 Å². The molecule has 3 aromatic rings. The van der Waals surface area contributed by atoms with Crippen LogP contribution in [-0.2, 0) is 4.79 Å². The van der Waals surface area contributed by atoms with Crippen molar-refractivity contribution in [1.29, 1.82) is 0 Å². The number of fused-ring (bicyclic) bond motifs is 1. The summed E-state index contributed by atoms with van der Waals surface area (Å²) in [5.41, 5.74) is 1.35. The van der Waals surface area contributed by atoms with E-state index in [1.165, 1.54) is 0 Å². The van der Waals surface area contributed by atoms with Gasteiger partial charge in [-0.3, -0.25) is 14.2 Å². The molecule has 2 aromatic carbocycles. The molecular formula is C18H14Cl2N2O2. The third-order valence-corrected chi connectivity index (χ3v) is 4.02. The van der Waals surface area contributed by atoms with Gasteiger partial charge in [-0.2, -0.15) is 0 Å². The van der Waals surface area contributed by atoms with Crippen molar-refractivity contribution >= 4 is 51.6 Å². The fraction of sp³-hybridized carbons (Fsp3) is 0.111. The summed E-state index contributed by atoms with van der Waals surface area (Å²) in [5.74, 6) is -0.395. The van der Waals surface area contributed by atoms with E-state index in [1.807, 2.05) is 30.3 Å². The van der Waals surface area contributed by atoms with Crippen molar-refractivity contribution in [1.82, 2.24) is 4.57 Å². The Balaban J connectivity index is 1.62. The Bertz CT molecular complexity index is 898. The van der Waals surface area contributed by atoms with Crippen LogP contribution in [0.25, 0.3) is 10.9 Å². The molecule has 0 atom stereocenters. The normalized spacial score (nSPS) is 10.8. The number of rotatable bonds is 4. The van der Waals surface area contributed by atoms with E-state index in [-0.39, 0.29) is 24.7 Å². The summed E-state index contributed by atoms with van der Waals surface area (Å²) in [6, 6.07) is 14.3. The number of nitrogens with one attached hydrogen (secondary N) is 1. The van der Waals surface area contributed by atoms with Gasteiger partial charge in [-0.05, 0) is 30.3 Å². The largest absolute Gasteiger partial charge is 0.326 e. The third kappa shape index (κ3) is 3.78. The number of aromatic nitrogens is 1. The highest BCUT2D eigenvalue weighted by Gasteiger charge is 2.11. The van der Waals surface area contributed by atoms with Crippen LogP contribution in [0.1, 0.15) is 17.6 Å². The fourth-order valence-electron chi connectivity index (χ4n) is 2.49. The lowest BCUT2D eigenvalue weighted by atomic mass is 10.2. The van der Waals surface area contributed by atoms with Crippen molar-refractivity contribution in [2.24, 2.45) is 0 Å². The third-order valence-electron chi connectivity index (χ3n) is 3.58. The predicted molar refractivity (Wildman–Crippen MR) is 96.9 cm³/mol. The maximum atomic E-state index is 12.3. The van der Waals surface area contributed by atoms with Crippen molar-refractivity contribution in [3.63, 3.8) is 0 Å². The number of hydrogen-bond acceptors (Lipinski definition) is 2. The Hall–Kier alpha value is -2.30. The topological polar surface area (TPSA) is 51.1 Å². The zero-order chi connectivity index (χ0) is 17.1. The molecule has 0 radical (unpaired) electrons. The molecule has 122 valence electrons. The lowest BCUT2D eigenvalue weighted by Gasteiger charge is -2.07. The smallest absolute Gasteiger partial charge is 0.231 e. The Morgan fingerprint density at radius 3 is 2.42 bits per heavy atom. The van der Waals surface area contributed by atoms with Crippen LogP contribution in [0.3, 0.4) is 0 Å². The average Bonchev–Trinajstić information content (AvgIpc) is 2.95. The van der Waals surface area contributed by atoms with E-state index >= 15 is 0 Å². The quantitative estimate of drug-likeness (QED) is 0.710. The van der Waals surface area contributed by atoms with Gasteiger partial charge in [0.25, 0.3) is 0 Å². The SMILES string of the molecule is O=C(CCC(=O)n1ccc2ccccc21)Nc1cc(Cl)cc(Cl)c1. The highest BCUT2D eigenvalue weighted by molar-refractivity contribution is 6.35. The molecule has 0 bridgehead atoms. The second-order valence-corrected chi connectivity index (χ2v) is 6.22. The highest BCUT2D eigenvalue weighted by atomic mass is 35.5. The van der Waals surface area contributed by atoms with Gasteiger partial charge < -0.3 is 5.32 Å². The van der Waals surface area contributed by atoms with Crippen LogP contribution in [0.15, 0.2) is 54.7 Å². The minimum atomic E-state index is -0.266. The van der Waals surface area contributed by atoms with Crippen LogP contribution in [0.4, 0.5) is 5.69 Å². The van der Waals surface area contributed by atoms with E-state index < -0.39 is 0 Å². The molecule has 6 heteroatoms. The highest BCUT2D eigenvalue weighted by Crippen LogP contribution is 2.22.